The number of hydrogen-bond acceptors (Lipinski definition) is 12. The highest BCUT2D eigenvalue weighted by Crippen LogP contribution is 2.65. The zero-order valence-electron chi connectivity index (χ0n) is 37.7. The molecule has 2 aromatic heterocycles. The molecule has 0 radical (unpaired) electrons. The normalized spacial score (nSPS) is 17.5. The number of aromatic nitrogens is 4. The number of fused-ring (bicyclic) bond motifs is 1. The molecule has 0 aliphatic carbocycles. The third-order valence-electron chi connectivity index (χ3n) is 11.5. The number of ether oxygens (including phenoxy) is 4. The lowest BCUT2D eigenvalue weighted by molar-refractivity contribution is -0.422. The number of rotatable bonds is 20. The standard InChI is InChI=1S/C49H54N7O9P/c1-33(2)56(34(3)4)66(60,63-29-19-28-50)39-30-41(55-32-51-43-45(52-40(31-42(57)58)53-46(43)55)54-47(59)35-20-11-7-12-21-35)64-44(39)49(61-5,62-6)65-48(36-22-13-8-14-23-36,37-24-15-9-16-25-37)38-26-17-10-18-27-38/h7-18,20-27,32-34,39,41,44H,19,29-31H2,1-6H3,(H,57,58)(H,52,53,54,59)/t39-,41+,44-,66?/m0/s1. The predicted octanol–water partition coefficient (Wildman–Crippen LogP) is 8.56. The fourth-order valence-electron chi connectivity index (χ4n) is 8.85. The summed E-state index contributed by atoms with van der Waals surface area (Å²) in [5.74, 6) is -3.99. The van der Waals surface area contributed by atoms with Gasteiger partial charge in [0, 0.05) is 38.3 Å². The number of carboxylic acid groups (broad SMARTS) is 1. The number of benzene rings is 4. The molecule has 0 bridgehead atoms. The topological polar surface area (TPSA) is 200 Å². The van der Waals surface area contributed by atoms with E-state index in [0.717, 1.165) is 16.7 Å². The molecule has 344 valence electrons. The van der Waals surface area contributed by atoms with Crippen LogP contribution < -0.4 is 5.32 Å². The summed E-state index contributed by atoms with van der Waals surface area (Å²) < 4.78 is 53.9. The van der Waals surface area contributed by atoms with Crippen molar-refractivity contribution in [3.63, 3.8) is 0 Å². The van der Waals surface area contributed by atoms with Gasteiger partial charge >= 0.3 is 11.9 Å². The van der Waals surface area contributed by atoms with Crippen molar-refractivity contribution in [1.82, 2.24) is 24.2 Å². The van der Waals surface area contributed by atoms with Crippen LogP contribution in [0.1, 0.15) is 79.6 Å². The zero-order chi connectivity index (χ0) is 47.1. The number of nitriles is 1. The minimum Gasteiger partial charge on any atom is -0.481 e. The first-order chi connectivity index (χ1) is 31.8. The van der Waals surface area contributed by atoms with Gasteiger partial charge in [0.25, 0.3) is 13.4 Å². The summed E-state index contributed by atoms with van der Waals surface area (Å²) in [7, 11) is -1.31. The molecule has 1 aliphatic rings. The monoisotopic (exact) mass is 915 g/mol. The minimum absolute atomic E-state index is 0.0175. The maximum atomic E-state index is 16.4. The lowest BCUT2D eigenvalue weighted by atomic mass is 9.80. The summed E-state index contributed by atoms with van der Waals surface area (Å²) in [4.78, 5) is 39.2. The summed E-state index contributed by atoms with van der Waals surface area (Å²) >= 11 is 0. The van der Waals surface area contributed by atoms with Crippen LogP contribution in [0.25, 0.3) is 11.2 Å². The molecule has 1 fully saturated rings. The Balaban J connectivity index is 1.45. The van der Waals surface area contributed by atoms with Crippen molar-refractivity contribution in [2.24, 2.45) is 0 Å². The lowest BCUT2D eigenvalue weighted by Gasteiger charge is -2.48. The van der Waals surface area contributed by atoms with Crippen LogP contribution in [0.3, 0.4) is 0 Å². The van der Waals surface area contributed by atoms with Crippen molar-refractivity contribution in [3.8, 4) is 6.07 Å². The third kappa shape index (κ3) is 9.42. The molecule has 17 heteroatoms. The molecule has 0 spiro atoms. The summed E-state index contributed by atoms with van der Waals surface area (Å²) in [6.45, 7) is 7.51. The first-order valence-electron chi connectivity index (χ1n) is 21.7. The number of nitrogens with zero attached hydrogens (tertiary/aromatic N) is 6. The molecule has 1 amide bonds. The zero-order valence-corrected chi connectivity index (χ0v) is 38.6. The quantitative estimate of drug-likeness (QED) is 0.0319. The Morgan fingerprint density at radius 1 is 0.879 bits per heavy atom. The Hall–Kier alpha value is -6.15. The number of methoxy groups -OCH3 is 2. The van der Waals surface area contributed by atoms with Gasteiger partial charge in [-0.1, -0.05) is 109 Å². The highest BCUT2D eigenvalue weighted by Gasteiger charge is 2.63. The molecule has 4 aromatic carbocycles. The molecule has 6 aromatic rings. The van der Waals surface area contributed by atoms with E-state index in [0.29, 0.717) is 5.56 Å². The van der Waals surface area contributed by atoms with Crippen molar-refractivity contribution < 1.29 is 42.7 Å². The Kier molecular flexibility index (Phi) is 14.9. The van der Waals surface area contributed by atoms with Gasteiger partial charge in [-0.25, -0.2) is 19.6 Å². The van der Waals surface area contributed by atoms with Gasteiger partial charge in [0.1, 0.15) is 24.1 Å². The Labute approximate surface area is 384 Å². The summed E-state index contributed by atoms with van der Waals surface area (Å²) in [6.07, 6.45) is -1.63. The smallest absolute Gasteiger partial charge is 0.312 e. The fraction of sp³-hybridized carbons (Fsp3) is 0.347. The van der Waals surface area contributed by atoms with Gasteiger partial charge < -0.3 is 33.9 Å². The number of nitrogens with one attached hydrogen (secondary N) is 1. The number of carbonyl (C=O) groups is 2. The molecule has 1 aliphatic heterocycles. The van der Waals surface area contributed by atoms with Crippen LogP contribution in [0.5, 0.6) is 0 Å². The van der Waals surface area contributed by atoms with Crippen LogP contribution in [0.15, 0.2) is 128 Å². The van der Waals surface area contributed by atoms with Gasteiger partial charge in [0.05, 0.1) is 31.1 Å². The van der Waals surface area contributed by atoms with Crippen molar-refractivity contribution in [2.75, 3.05) is 26.1 Å². The van der Waals surface area contributed by atoms with Gasteiger partial charge in [-0.3, -0.25) is 18.7 Å². The van der Waals surface area contributed by atoms with E-state index in [2.05, 4.69) is 26.3 Å². The van der Waals surface area contributed by atoms with Gasteiger partial charge in [-0.15, -0.1) is 0 Å². The van der Waals surface area contributed by atoms with Crippen LogP contribution in [-0.4, -0.2) is 91.8 Å². The molecule has 66 heavy (non-hydrogen) atoms. The number of carbonyl (C=O) groups excluding carboxylic acids is 1. The number of hydrogen-bond donors (Lipinski definition) is 2. The van der Waals surface area contributed by atoms with Crippen LogP contribution in [0.2, 0.25) is 0 Å². The second-order valence-electron chi connectivity index (χ2n) is 16.3. The van der Waals surface area contributed by atoms with E-state index in [-0.39, 0.29) is 54.3 Å². The molecule has 16 nitrogen and oxygen atoms in total. The van der Waals surface area contributed by atoms with E-state index in [9.17, 15) is 20.0 Å². The summed E-state index contributed by atoms with van der Waals surface area (Å²) in [5, 5.41) is 22.3. The maximum Gasteiger partial charge on any atom is 0.312 e. The van der Waals surface area contributed by atoms with Gasteiger partial charge in [-0.2, -0.15) is 5.26 Å². The Morgan fingerprint density at radius 3 is 1.89 bits per heavy atom. The summed E-state index contributed by atoms with van der Waals surface area (Å²) in [5.41, 5.74) is 0.241. The van der Waals surface area contributed by atoms with Crippen molar-refractivity contribution in [1.29, 1.82) is 5.26 Å². The third-order valence-corrected chi connectivity index (χ3v) is 14.9. The number of amides is 1. The van der Waals surface area contributed by atoms with Crippen molar-refractivity contribution in [3.05, 3.63) is 156 Å². The molecule has 3 heterocycles. The molecule has 7 rings (SSSR count). The van der Waals surface area contributed by atoms with Crippen LogP contribution in [0, 0.1) is 11.3 Å². The van der Waals surface area contributed by atoms with E-state index >= 15 is 4.57 Å². The van der Waals surface area contributed by atoms with Crippen LogP contribution in [-0.2, 0) is 44.9 Å². The van der Waals surface area contributed by atoms with E-state index < -0.39 is 55.4 Å². The second-order valence-corrected chi connectivity index (χ2v) is 18.8. The molecule has 2 N–H and O–H groups in total. The summed E-state index contributed by atoms with van der Waals surface area (Å²) in [6, 6.07) is 38.8. The first-order valence-corrected chi connectivity index (χ1v) is 23.3. The molecular formula is C49H54N7O9P. The first kappa shape index (κ1) is 47.8. The second kappa shape index (κ2) is 20.6. The molecule has 0 saturated carbocycles. The number of anilines is 1. The molecular weight excluding hydrogens is 862 g/mol. The minimum atomic E-state index is -4.15. The van der Waals surface area contributed by atoms with Gasteiger partial charge in [0.15, 0.2) is 23.1 Å². The highest BCUT2D eigenvalue weighted by atomic mass is 31.2. The number of carboxylic acids is 1. The largest absolute Gasteiger partial charge is 0.481 e. The molecule has 1 saturated heterocycles. The van der Waals surface area contributed by atoms with Gasteiger partial charge in [-0.05, 0) is 56.5 Å². The van der Waals surface area contributed by atoms with Crippen molar-refractivity contribution in [2.45, 2.75) is 88.6 Å². The Morgan fingerprint density at radius 2 is 1.41 bits per heavy atom. The van der Waals surface area contributed by atoms with Crippen molar-refractivity contribution >= 4 is 36.4 Å². The Bertz CT molecular complexity index is 2570. The predicted molar refractivity (Wildman–Crippen MR) is 246 cm³/mol. The SMILES string of the molecule is COC(OC)(OC(c1ccccc1)(c1ccccc1)c1ccccc1)[C@H]1O[C@@H](n2cnc3c(NC(=O)c4ccccc4)nc(CC(=O)O)nc32)C[C@@H]1P(=O)(OCCC#N)N(C(C)C)C(C)C. The van der Waals surface area contributed by atoms with E-state index in [1.54, 1.807) is 39.6 Å². The number of imidazole rings is 1. The molecule has 4 atom stereocenters. The van der Waals surface area contributed by atoms with E-state index in [1.807, 2.05) is 119 Å². The van der Waals surface area contributed by atoms with Crippen LogP contribution in [0.4, 0.5) is 5.82 Å². The van der Waals surface area contributed by atoms with Crippen LogP contribution >= 0.6 is 7.52 Å². The van der Waals surface area contributed by atoms with Gasteiger partial charge in [0.2, 0.25) is 0 Å². The van der Waals surface area contributed by atoms with E-state index in [1.165, 1.54) is 20.5 Å². The highest BCUT2D eigenvalue weighted by molar-refractivity contribution is 7.57. The average Bonchev–Trinajstić information content (AvgIpc) is 3.97. The molecule has 1 unspecified atom stereocenters. The van der Waals surface area contributed by atoms with E-state index in [4.69, 9.17) is 23.5 Å². The lowest BCUT2D eigenvalue weighted by Crippen LogP contribution is -2.58. The maximum absolute atomic E-state index is 16.4. The average molecular weight is 916 g/mol. The fourth-order valence-corrected chi connectivity index (χ4v) is 12.2. The number of aliphatic carboxylic acids is 1.